The fourth-order valence-corrected chi connectivity index (χ4v) is 3.31. The molecule has 1 heterocycles. The molecule has 0 amide bonds. The molecule has 0 fully saturated rings. The van der Waals surface area contributed by atoms with Crippen LogP contribution < -0.4 is 18.9 Å². The normalized spacial score (nSPS) is 12.6. The zero-order valence-electron chi connectivity index (χ0n) is 15.7. The highest BCUT2D eigenvalue weighted by Gasteiger charge is 2.24. The predicted octanol–water partition coefficient (Wildman–Crippen LogP) is 4.92. The molecule has 0 saturated carbocycles. The highest BCUT2D eigenvalue weighted by molar-refractivity contribution is 5.90. The van der Waals surface area contributed by atoms with Gasteiger partial charge >= 0.3 is 0 Å². The first-order valence-electron chi connectivity index (χ1n) is 8.85. The number of hydrogen-bond acceptors (Lipinski definition) is 4. The maximum Gasteiger partial charge on any atom is 0.170 e. The zero-order chi connectivity index (χ0) is 18.8. The average molecular weight is 361 g/mol. The van der Waals surface area contributed by atoms with Crippen molar-refractivity contribution in [3.8, 4) is 45.3 Å². The first-order valence-corrected chi connectivity index (χ1v) is 8.85. The molecule has 1 radical (unpaired) electrons. The van der Waals surface area contributed by atoms with E-state index in [4.69, 9.17) is 18.9 Å². The van der Waals surface area contributed by atoms with Gasteiger partial charge in [0.2, 0.25) is 0 Å². The molecular formula is C23H21O4. The molecule has 1 aliphatic rings. The Bertz CT molecular complexity index is 944. The van der Waals surface area contributed by atoms with Crippen LogP contribution in [0.3, 0.4) is 0 Å². The lowest BCUT2D eigenvalue weighted by Gasteiger charge is -2.25. The van der Waals surface area contributed by atoms with Gasteiger partial charge in [0.15, 0.2) is 11.5 Å². The molecule has 137 valence electrons. The fraction of sp³-hybridized carbons (Fsp3) is 0.217. The maximum atomic E-state index is 6.05. The Hall–Kier alpha value is -3.14. The largest absolute Gasteiger partial charge is 0.497 e. The van der Waals surface area contributed by atoms with E-state index in [0.717, 1.165) is 50.8 Å². The summed E-state index contributed by atoms with van der Waals surface area (Å²) in [6.45, 7) is 3.08. The molecule has 4 nitrogen and oxygen atoms in total. The average Bonchev–Trinajstić information content (AvgIpc) is 2.74. The maximum absolute atomic E-state index is 6.05. The van der Waals surface area contributed by atoms with Gasteiger partial charge in [0, 0.05) is 16.7 Å². The zero-order valence-corrected chi connectivity index (χ0v) is 15.7. The molecule has 0 atom stereocenters. The monoisotopic (exact) mass is 361 g/mol. The summed E-state index contributed by atoms with van der Waals surface area (Å²) < 4.78 is 22.5. The van der Waals surface area contributed by atoms with Gasteiger partial charge in [-0.2, -0.15) is 0 Å². The Kier molecular flexibility index (Phi) is 4.63. The number of methoxy groups -OCH3 is 2. The van der Waals surface area contributed by atoms with Crippen molar-refractivity contribution < 1.29 is 18.9 Å². The number of ether oxygens (including phenoxy) is 4. The van der Waals surface area contributed by atoms with E-state index in [2.05, 4.69) is 6.07 Å². The van der Waals surface area contributed by atoms with Gasteiger partial charge in [-0.1, -0.05) is 24.3 Å². The first-order chi connectivity index (χ1) is 13.2. The minimum absolute atomic E-state index is 0.529. The van der Waals surface area contributed by atoms with E-state index in [1.807, 2.05) is 55.5 Å². The summed E-state index contributed by atoms with van der Waals surface area (Å²) in [5.74, 6) is 3.17. The lowest BCUT2D eigenvalue weighted by atomic mass is 9.91. The number of aryl methyl sites for hydroxylation is 1. The Morgan fingerprint density at radius 2 is 1.26 bits per heavy atom. The molecule has 4 heteroatoms. The molecule has 0 saturated heterocycles. The summed E-state index contributed by atoms with van der Waals surface area (Å²) >= 11 is 0. The van der Waals surface area contributed by atoms with Crippen LogP contribution in [0.2, 0.25) is 0 Å². The molecule has 3 aromatic rings. The third-order valence-corrected chi connectivity index (χ3v) is 4.67. The van der Waals surface area contributed by atoms with Gasteiger partial charge in [-0.05, 0) is 48.4 Å². The SMILES string of the molecule is COc1ccc(-c2[c]c(C)c3c(c2-c2ccc(OC)cc2)OCCO3)cc1. The topological polar surface area (TPSA) is 36.9 Å². The van der Waals surface area contributed by atoms with Crippen molar-refractivity contribution in [3.63, 3.8) is 0 Å². The van der Waals surface area contributed by atoms with Crippen molar-refractivity contribution in [2.24, 2.45) is 0 Å². The molecule has 27 heavy (non-hydrogen) atoms. The molecule has 3 aromatic carbocycles. The predicted molar refractivity (Wildman–Crippen MR) is 105 cm³/mol. The third-order valence-electron chi connectivity index (χ3n) is 4.67. The molecule has 0 spiro atoms. The summed E-state index contributed by atoms with van der Waals surface area (Å²) in [5, 5.41) is 0. The van der Waals surface area contributed by atoms with Crippen molar-refractivity contribution >= 4 is 0 Å². The molecule has 4 rings (SSSR count). The minimum Gasteiger partial charge on any atom is -0.497 e. The van der Waals surface area contributed by atoms with E-state index < -0.39 is 0 Å². The Morgan fingerprint density at radius 1 is 0.741 bits per heavy atom. The van der Waals surface area contributed by atoms with Gasteiger partial charge in [-0.3, -0.25) is 0 Å². The fourth-order valence-electron chi connectivity index (χ4n) is 3.31. The summed E-state index contributed by atoms with van der Waals surface area (Å²) in [6, 6.07) is 19.4. The second-order valence-electron chi connectivity index (χ2n) is 6.31. The summed E-state index contributed by atoms with van der Waals surface area (Å²) in [7, 11) is 3.33. The van der Waals surface area contributed by atoms with Crippen LogP contribution in [0.1, 0.15) is 5.56 Å². The third kappa shape index (κ3) is 3.19. The van der Waals surface area contributed by atoms with Gasteiger partial charge in [-0.15, -0.1) is 0 Å². The molecule has 1 aliphatic heterocycles. The Labute approximate surface area is 159 Å². The van der Waals surface area contributed by atoms with E-state index >= 15 is 0 Å². The molecule has 0 N–H and O–H groups in total. The smallest absolute Gasteiger partial charge is 0.170 e. The molecule has 0 aromatic heterocycles. The van der Waals surface area contributed by atoms with E-state index in [1.165, 1.54) is 0 Å². The Balaban J connectivity index is 1.94. The lowest BCUT2D eigenvalue weighted by molar-refractivity contribution is 0.171. The van der Waals surface area contributed by atoms with Crippen molar-refractivity contribution in [2.45, 2.75) is 6.92 Å². The molecule has 0 unspecified atom stereocenters. The van der Waals surface area contributed by atoms with Crippen LogP contribution in [0.5, 0.6) is 23.0 Å². The summed E-state index contributed by atoms with van der Waals surface area (Å²) in [6.07, 6.45) is 0. The highest BCUT2D eigenvalue weighted by atomic mass is 16.6. The van der Waals surface area contributed by atoms with Crippen molar-refractivity contribution in [1.82, 2.24) is 0 Å². The van der Waals surface area contributed by atoms with Gasteiger partial charge in [0.25, 0.3) is 0 Å². The molecule has 0 aliphatic carbocycles. The van der Waals surface area contributed by atoms with Crippen LogP contribution in [-0.2, 0) is 0 Å². The number of fused-ring (bicyclic) bond motifs is 1. The van der Waals surface area contributed by atoms with Gasteiger partial charge in [0.05, 0.1) is 14.2 Å². The van der Waals surface area contributed by atoms with E-state index in [9.17, 15) is 0 Å². The van der Waals surface area contributed by atoms with Gasteiger partial charge < -0.3 is 18.9 Å². The number of benzene rings is 3. The number of rotatable bonds is 4. The highest BCUT2D eigenvalue weighted by Crippen LogP contribution is 2.48. The summed E-state index contributed by atoms with van der Waals surface area (Å²) in [5.41, 5.74) is 4.96. The van der Waals surface area contributed by atoms with E-state index in [-0.39, 0.29) is 0 Å². The second kappa shape index (κ2) is 7.23. The van der Waals surface area contributed by atoms with Crippen LogP contribution in [0.4, 0.5) is 0 Å². The minimum atomic E-state index is 0.529. The van der Waals surface area contributed by atoms with Crippen molar-refractivity contribution in [2.75, 3.05) is 27.4 Å². The van der Waals surface area contributed by atoms with Crippen molar-refractivity contribution in [3.05, 3.63) is 60.2 Å². The van der Waals surface area contributed by atoms with E-state index in [0.29, 0.717) is 13.2 Å². The van der Waals surface area contributed by atoms with Crippen LogP contribution in [0.15, 0.2) is 48.5 Å². The quantitative estimate of drug-likeness (QED) is 0.661. The number of hydrogen-bond donors (Lipinski definition) is 0. The van der Waals surface area contributed by atoms with Crippen molar-refractivity contribution in [1.29, 1.82) is 0 Å². The lowest BCUT2D eigenvalue weighted by Crippen LogP contribution is -2.17. The molecular weight excluding hydrogens is 340 g/mol. The first kappa shape index (κ1) is 17.3. The van der Waals surface area contributed by atoms with Crippen LogP contribution in [0, 0.1) is 13.0 Å². The second-order valence-corrected chi connectivity index (χ2v) is 6.31. The van der Waals surface area contributed by atoms with Gasteiger partial charge in [-0.25, -0.2) is 0 Å². The van der Waals surface area contributed by atoms with Crippen LogP contribution in [0.25, 0.3) is 22.3 Å². The Morgan fingerprint density at radius 3 is 1.81 bits per heavy atom. The van der Waals surface area contributed by atoms with Crippen LogP contribution >= 0.6 is 0 Å². The van der Waals surface area contributed by atoms with Crippen LogP contribution in [-0.4, -0.2) is 27.4 Å². The summed E-state index contributed by atoms with van der Waals surface area (Å²) in [4.78, 5) is 0. The standard InChI is InChI=1S/C23H21O4/c1-15-14-20(16-4-8-18(24-2)9-5-16)21(23-22(15)26-12-13-27-23)17-6-10-19(25-3)11-7-17/h4-11H,12-13H2,1-3H3. The van der Waals surface area contributed by atoms with Gasteiger partial charge in [0.1, 0.15) is 24.7 Å². The van der Waals surface area contributed by atoms with E-state index in [1.54, 1.807) is 14.2 Å². The molecule has 0 bridgehead atoms.